The Balaban J connectivity index is 2.42. The molecule has 2 N–H and O–H groups in total. The fourth-order valence-electron chi connectivity index (χ4n) is 0.551. The first kappa shape index (κ1) is 6.41. The van der Waals surface area contributed by atoms with Crippen LogP contribution in [0.25, 0.3) is 0 Å². The van der Waals surface area contributed by atoms with Gasteiger partial charge < -0.3 is 4.84 Å². The van der Waals surface area contributed by atoms with Crippen molar-refractivity contribution in [2.24, 2.45) is 11.8 Å². The Bertz CT molecular complexity index is 148. The second-order valence-electron chi connectivity index (χ2n) is 1.95. The predicted molar refractivity (Wildman–Crippen MR) is 23.3 cm³/mol. The number of hydrogen-bond donors (Lipinski definition) is 1. The molecule has 9 heavy (non-hydrogen) atoms. The molecule has 0 radical (unpaired) electrons. The maximum atomic E-state index is 11.9. The van der Waals surface area contributed by atoms with Gasteiger partial charge in [0, 0.05) is 6.42 Å². The van der Waals surface area contributed by atoms with Crippen molar-refractivity contribution >= 4 is 5.97 Å². The largest absolute Gasteiger partial charge is 0.373 e. The van der Waals surface area contributed by atoms with Crippen molar-refractivity contribution in [2.45, 2.75) is 12.3 Å². The fraction of sp³-hybridized carbons (Fsp3) is 0.750. The molecule has 1 saturated carbocycles. The third-order valence-electron chi connectivity index (χ3n) is 1.23. The second kappa shape index (κ2) is 1.63. The van der Waals surface area contributed by atoms with Crippen LogP contribution in [0.1, 0.15) is 6.42 Å². The first-order valence-corrected chi connectivity index (χ1v) is 2.36. The highest BCUT2D eigenvalue weighted by molar-refractivity contribution is 5.76. The first-order chi connectivity index (χ1) is 4.08. The molecule has 5 heteroatoms. The Kier molecular flexibility index (Phi) is 1.16. The average Bonchev–Trinajstić information content (AvgIpc) is 2.38. The van der Waals surface area contributed by atoms with Crippen LogP contribution in [0.3, 0.4) is 0 Å². The molecule has 1 fully saturated rings. The molecule has 0 aliphatic heterocycles. The van der Waals surface area contributed by atoms with Gasteiger partial charge in [-0.05, 0) is 0 Å². The van der Waals surface area contributed by atoms with Crippen LogP contribution in [0.15, 0.2) is 0 Å². The predicted octanol–water partition coefficient (Wildman–Crippen LogP) is 0.0585. The van der Waals surface area contributed by atoms with E-state index in [1.54, 1.807) is 0 Å². The number of carbonyl (C=O) groups is 1. The summed E-state index contributed by atoms with van der Waals surface area (Å²) >= 11 is 0. The summed E-state index contributed by atoms with van der Waals surface area (Å²) in [6, 6.07) is 0. The molecule has 1 aliphatic carbocycles. The number of halogens is 2. The van der Waals surface area contributed by atoms with Gasteiger partial charge in [-0.3, -0.25) is 0 Å². The summed E-state index contributed by atoms with van der Waals surface area (Å²) in [6.45, 7) is 0. The zero-order valence-electron chi connectivity index (χ0n) is 4.43. The first-order valence-electron chi connectivity index (χ1n) is 2.36. The highest BCUT2D eigenvalue weighted by Gasteiger charge is 2.62. The van der Waals surface area contributed by atoms with Crippen molar-refractivity contribution < 1.29 is 18.4 Å². The summed E-state index contributed by atoms with van der Waals surface area (Å²) in [5.41, 5.74) is 0. The molecule has 0 amide bonds. The second-order valence-corrected chi connectivity index (χ2v) is 1.95. The highest BCUT2D eigenvalue weighted by atomic mass is 19.3. The van der Waals surface area contributed by atoms with E-state index in [1.165, 1.54) is 0 Å². The highest BCUT2D eigenvalue weighted by Crippen LogP contribution is 2.48. The van der Waals surface area contributed by atoms with Crippen molar-refractivity contribution in [3.8, 4) is 0 Å². The van der Waals surface area contributed by atoms with Gasteiger partial charge in [0.15, 0.2) is 0 Å². The van der Waals surface area contributed by atoms with E-state index in [2.05, 4.69) is 10.7 Å². The maximum absolute atomic E-state index is 11.9. The Morgan fingerprint density at radius 1 is 1.78 bits per heavy atom. The molecule has 1 atom stereocenters. The van der Waals surface area contributed by atoms with Gasteiger partial charge in [0.2, 0.25) is 0 Å². The van der Waals surface area contributed by atoms with Gasteiger partial charge >= 0.3 is 5.97 Å². The topological polar surface area (TPSA) is 52.3 Å². The zero-order chi connectivity index (χ0) is 7.07. The van der Waals surface area contributed by atoms with Gasteiger partial charge in [0.25, 0.3) is 5.92 Å². The minimum atomic E-state index is -2.86. The molecule has 3 nitrogen and oxygen atoms in total. The summed E-state index contributed by atoms with van der Waals surface area (Å²) in [4.78, 5) is 13.8. The molecular weight excluding hydrogens is 132 g/mol. The van der Waals surface area contributed by atoms with E-state index in [0.717, 1.165) is 0 Å². The minimum absolute atomic E-state index is 0.428. The summed E-state index contributed by atoms with van der Waals surface area (Å²) < 4.78 is 23.8. The molecule has 0 heterocycles. The van der Waals surface area contributed by atoms with E-state index in [0.29, 0.717) is 0 Å². The van der Waals surface area contributed by atoms with Crippen molar-refractivity contribution in [3.63, 3.8) is 0 Å². The van der Waals surface area contributed by atoms with Crippen LogP contribution in [-0.4, -0.2) is 11.9 Å². The monoisotopic (exact) mass is 137 g/mol. The van der Waals surface area contributed by atoms with Crippen LogP contribution in [0.4, 0.5) is 8.78 Å². The zero-order valence-corrected chi connectivity index (χ0v) is 4.43. The molecule has 0 bridgehead atoms. The molecule has 0 spiro atoms. The molecule has 1 unspecified atom stereocenters. The Morgan fingerprint density at radius 3 is 2.33 bits per heavy atom. The third-order valence-corrected chi connectivity index (χ3v) is 1.23. The molecular formula is C4H5F2NO2. The Hall–Kier alpha value is -0.710. The van der Waals surface area contributed by atoms with Crippen LogP contribution >= 0.6 is 0 Å². The lowest BCUT2D eigenvalue weighted by Crippen LogP contribution is -2.15. The smallest absolute Gasteiger partial charge is 0.333 e. The van der Waals surface area contributed by atoms with E-state index in [9.17, 15) is 13.6 Å². The van der Waals surface area contributed by atoms with Crippen LogP contribution in [-0.2, 0) is 9.63 Å². The summed E-state index contributed by atoms with van der Waals surface area (Å²) in [5.74, 6) is -0.831. The molecule has 0 aromatic rings. The maximum Gasteiger partial charge on any atom is 0.333 e. The lowest BCUT2D eigenvalue weighted by molar-refractivity contribution is -0.148. The van der Waals surface area contributed by atoms with Crippen LogP contribution in [0.5, 0.6) is 0 Å². The molecule has 0 saturated heterocycles. The lowest BCUT2D eigenvalue weighted by atomic mass is 10.4. The molecule has 1 aliphatic rings. The molecule has 52 valence electrons. The number of carbonyl (C=O) groups excluding carboxylic acids is 1. The fourth-order valence-corrected chi connectivity index (χ4v) is 0.551. The standard InChI is InChI=1S/C4H5F2NO2/c5-4(6)1-2(4)3(8)9-7/h2H,1,7H2. The Labute approximate surface area is 49.7 Å². The average molecular weight is 137 g/mol. The van der Waals surface area contributed by atoms with Gasteiger partial charge in [-0.15, -0.1) is 0 Å². The normalized spacial score (nSPS) is 29.4. The van der Waals surface area contributed by atoms with E-state index < -0.39 is 24.2 Å². The quantitative estimate of drug-likeness (QED) is 0.520. The van der Waals surface area contributed by atoms with Crippen molar-refractivity contribution in [2.75, 3.05) is 0 Å². The van der Waals surface area contributed by atoms with E-state index >= 15 is 0 Å². The van der Waals surface area contributed by atoms with Gasteiger partial charge in [0.05, 0.1) is 0 Å². The summed E-state index contributed by atoms with van der Waals surface area (Å²) in [6.07, 6.45) is -0.428. The molecule has 0 aromatic heterocycles. The Morgan fingerprint density at radius 2 is 2.22 bits per heavy atom. The van der Waals surface area contributed by atoms with Crippen molar-refractivity contribution in [1.82, 2.24) is 0 Å². The SMILES string of the molecule is NOC(=O)C1CC1(F)F. The van der Waals surface area contributed by atoms with E-state index in [4.69, 9.17) is 0 Å². The van der Waals surface area contributed by atoms with Crippen LogP contribution in [0.2, 0.25) is 0 Å². The van der Waals surface area contributed by atoms with Crippen molar-refractivity contribution in [1.29, 1.82) is 0 Å². The number of nitrogens with two attached hydrogens (primary N) is 1. The van der Waals surface area contributed by atoms with Crippen LogP contribution in [0, 0.1) is 5.92 Å². The third kappa shape index (κ3) is 0.999. The van der Waals surface area contributed by atoms with Gasteiger partial charge in [-0.2, -0.15) is 5.90 Å². The van der Waals surface area contributed by atoms with E-state index in [-0.39, 0.29) is 0 Å². The molecule has 0 aromatic carbocycles. The van der Waals surface area contributed by atoms with Gasteiger partial charge in [-0.1, -0.05) is 0 Å². The number of alkyl halides is 2. The van der Waals surface area contributed by atoms with Crippen LogP contribution < -0.4 is 5.90 Å². The van der Waals surface area contributed by atoms with Crippen molar-refractivity contribution in [3.05, 3.63) is 0 Å². The number of rotatable bonds is 1. The number of hydrogen-bond acceptors (Lipinski definition) is 3. The summed E-state index contributed by atoms with van der Waals surface area (Å²) in [7, 11) is 0. The lowest BCUT2D eigenvalue weighted by Gasteiger charge is -1.92. The van der Waals surface area contributed by atoms with E-state index in [1.807, 2.05) is 0 Å². The van der Waals surface area contributed by atoms with Gasteiger partial charge in [-0.25, -0.2) is 13.6 Å². The minimum Gasteiger partial charge on any atom is -0.373 e. The summed E-state index contributed by atoms with van der Waals surface area (Å²) in [5, 5.41) is 0. The van der Waals surface area contributed by atoms with Gasteiger partial charge in [0.1, 0.15) is 5.92 Å². The molecule has 1 rings (SSSR count).